The van der Waals surface area contributed by atoms with Crippen molar-refractivity contribution in [3.8, 4) is 11.8 Å². The number of hydrogen-bond acceptors (Lipinski definition) is 3. The largest absolute Gasteiger partial charge is 0.480 e. The number of carbonyl (C=O) groups is 3. The molecular formula is C29H26N2O4. The Morgan fingerprint density at radius 1 is 0.886 bits per heavy atom. The predicted octanol–water partition coefficient (Wildman–Crippen LogP) is 3.39. The maximum absolute atomic E-state index is 13.0. The molecule has 6 nitrogen and oxygen atoms in total. The van der Waals surface area contributed by atoms with Crippen LogP contribution in [-0.4, -0.2) is 39.9 Å². The van der Waals surface area contributed by atoms with Crippen LogP contribution in [-0.2, 0) is 27.3 Å². The van der Waals surface area contributed by atoms with Crippen molar-refractivity contribution >= 4 is 17.8 Å². The first-order valence-corrected chi connectivity index (χ1v) is 11.5. The first-order chi connectivity index (χ1) is 17.0. The second-order valence-electron chi connectivity index (χ2n) is 8.48. The molecule has 1 fully saturated rings. The smallest absolute Gasteiger partial charge is 0.326 e. The zero-order valence-corrected chi connectivity index (χ0v) is 19.2. The zero-order valence-electron chi connectivity index (χ0n) is 19.2. The molecule has 1 aliphatic rings. The molecule has 0 aliphatic carbocycles. The minimum absolute atomic E-state index is 0.104. The summed E-state index contributed by atoms with van der Waals surface area (Å²) in [6, 6.07) is 24.6. The number of carboxylic acid groups (broad SMARTS) is 1. The van der Waals surface area contributed by atoms with Crippen LogP contribution in [0.4, 0.5) is 0 Å². The quantitative estimate of drug-likeness (QED) is 0.523. The van der Waals surface area contributed by atoms with Gasteiger partial charge < -0.3 is 15.3 Å². The molecule has 0 aromatic heterocycles. The molecule has 0 spiro atoms. The van der Waals surface area contributed by atoms with Crippen LogP contribution in [0.3, 0.4) is 0 Å². The third kappa shape index (κ3) is 6.36. The number of nitrogens with zero attached hydrogens (tertiary/aromatic N) is 1. The number of carboxylic acids is 1. The maximum Gasteiger partial charge on any atom is 0.326 e. The topological polar surface area (TPSA) is 86.7 Å². The van der Waals surface area contributed by atoms with Crippen LogP contribution in [0, 0.1) is 11.8 Å². The summed E-state index contributed by atoms with van der Waals surface area (Å²) in [6.07, 6.45) is 0.777. The van der Waals surface area contributed by atoms with Gasteiger partial charge in [-0.05, 0) is 41.8 Å². The summed E-state index contributed by atoms with van der Waals surface area (Å²) < 4.78 is 0. The Balaban J connectivity index is 1.40. The van der Waals surface area contributed by atoms with E-state index in [1.807, 2.05) is 84.9 Å². The molecule has 0 saturated carbocycles. The van der Waals surface area contributed by atoms with E-state index in [0.717, 1.165) is 22.3 Å². The number of benzene rings is 3. The van der Waals surface area contributed by atoms with Crippen molar-refractivity contribution in [1.82, 2.24) is 10.2 Å². The molecule has 35 heavy (non-hydrogen) atoms. The summed E-state index contributed by atoms with van der Waals surface area (Å²) in [5.74, 6) is 4.51. The summed E-state index contributed by atoms with van der Waals surface area (Å²) in [5.41, 5.74) is 3.42. The first-order valence-electron chi connectivity index (χ1n) is 11.5. The molecule has 3 aromatic carbocycles. The fraction of sp³-hybridized carbons (Fsp3) is 0.207. The highest BCUT2D eigenvalue weighted by Crippen LogP contribution is 2.22. The molecule has 4 rings (SSSR count). The summed E-state index contributed by atoms with van der Waals surface area (Å²) in [7, 11) is 0. The van der Waals surface area contributed by atoms with E-state index in [9.17, 15) is 19.5 Å². The van der Waals surface area contributed by atoms with Crippen LogP contribution >= 0.6 is 0 Å². The number of aliphatic carboxylic acids is 1. The van der Waals surface area contributed by atoms with Gasteiger partial charge in [0, 0.05) is 30.5 Å². The molecule has 1 heterocycles. The molecular weight excluding hydrogens is 440 g/mol. The van der Waals surface area contributed by atoms with Crippen molar-refractivity contribution in [2.45, 2.75) is 37.9 Å². The van der Waals surface area contributed by atoms with E-state index in [-0.39, 0.29) is 18.7 Å². The second kappa shape index (κ2) is 11.2. The molecule has 3 aromatic rings. The standard InChI is InChI=1S/C29H26N2O4/c32-27-18-17-26(31(27)20-24-9-5-2-6-10-24)28(33)30-25(29(34)35)19-23-15-13-22(14-16-23)12-11-21-7-3-1-4-8-21/h1-10,13-16,25-26H,17-20H2,(H,30,33)(H,34,35)/t25-,26-/m0/s1. The minimum atomic E-state index is -1.12. The van der Waals surface area contributed by atoms with Gasteiger partial charge in [-0.3, -0.25) is 9.59 Å². The van der Waals surface area contributed by atoms with E-state index < -0.39 is 24.0 Å². The van der Waals surface area contributed by atoms with Gasteiger partial charge in [0.2, 0.25) is 11.8 Å². The average molecular weight is 467 g/mol. The molecule has 6 heteroatoms. The third-order valence-corrected chi connectivity index (χ3v) is 5.96. The summed E-state index contributed by atoms with van der Waals surface area (Å²) in [6.45, 7) is 0.320. The van der Waals surface area contributed by atoms with Crippen LogP contribution in [0.1, 0.15) is 35.1 Å². The van der Waals surface area contributed by atoms with Crippen LogP contribution < -0.4 is 5.32 Å². The van der Waals surface area contributed by atoms with Crippen molar-refractivity contribution in [2.75, 3.05) is 0 Å². The van der Waals surface area contributed by atoms with E-state index in [1.165, 1.54) is 4.90 Å². The van der Waals surface area contributed by atoms with E-state index in [1.54, 1.807) is 0 Å². The zero-order chi connectivity index (χ0) is 24.6. The Kier molecular flexibility index (Phi) is 7.59. The van der Waals surface area contributed by atoms with Gasteiger partial charge in [0.1, 0.15) is 12.1 Å². The maximum atomic E-state index is 13.0. The lowest BCUT2D eigenvalue weighted by Gasteiger charge is -2.25. The Labute approximate surface area is 204 Å². The van der Waals surface area contributed by atoms with E-state index in [2.05, 4.69) is 17.2 Å². The highest BCUT2D eigenvalue weighted by Gasteiger charge is 2.37. The number of nitrogens with one attached hydrogen (secondary N) is 1. The summed E-state index contributed by atoms with van der Waals surface area (Å²) in [4.78, 5) is 38.8. The lowest BCUT2D eigenvalue weighted by molar-refractivity contribution is -0.143. The molecule has 2 amide bonds. The second-order valence-corrected chi connectivity index (χ2v) is 8.48. The highest BCUT2D eigenvalue weighted by atomic mass is 16.4. The monoisotopic (exact) mass is 466 g/mol. The van der Waals surface area contributed by atoms with Gasteiger partial charge in [0.15, 0.2) is 0 Å². The Morgan fingerprint density at radius 3 is 2.11 bits per heavy atom. The van der Waals surface area contributed by atoms with E-state index in [4.69, 9.17) is 0 Å². The molecule has 2 N–H and O–H groups in total. The minimum Gasteiger partial charge on any atom is -0.480 e. The van der Waals surface area contributed by atoms with E-state index in [0.29, 0.717) is 13.0 Å². The summed E-state index contributed by atoms with van der Waals surface area (Å²) >= 11 is 0. The normalized spacial score (nSPS) is 15.7. The number of rotatable bonds is 7. The fourth-order valence-electron chi connectivity index (χ4n) is 4.08. The van der Waals surface area contributed by atoms with Crippen LogP contribution in [0.2, 0.25) is 0 Å². The van der Waals surface area contributed by atoms with Gasteiger partial charge in [0.05, 0.1) is 0 Å². The Bertz CT molecular complexity index is 1240. The van der Waals surface area contributed by atoms with Crippen molar-refractivity contribution in [2.24, 2.45) is 0 Å². The van der Waals surface area contributed by atoms with Gasteiger partial charge in [0.25, 0.3) is 0 Å². The van der Waals surface area contributed by atoms with Gasteiger partial charge in [-0.1, -0.05) is 72.5 Å². The number of amides is 2. The predicted molar refractivity (Wildman–Crippen MR) is 132 cm³/mol. The van der Waals surface area contributed by atoms with Crippen molar-refractivity contribution < 1.29 is 19.5 Å². The highest BCUT2D eigenvalue weighted by molar-refractivity contribution is 5.93. The number of hydrogen-bond donors (Lipinski definition) is 2. The first kappa shape index (κ1) is 23.8. The SMILES string of the molecule is O=C(O)[C@H](Cc1ccc(C#Cc2ccccc2)cc1)NC(=O)[C@@H]1CCC(=O)N1Cc1ccccc1. The molecule has 2 atom stereocenters. The molecule has 1 saturated heterocycles. The van der Waals surface area contributed by atoms with Gasteiger partial charge >= 0.3 is 5.97 Å². The molecule has 176 valence electrons. The lowest BCUT2D eigenvalue weighted by atomic mass is 10.0. The van der Waals surface area contributed by atoms with Crippen molar-refractivity contribution in [1.29, 1.82) is 0 Å². The lowest BCUT2D eigenvalue weighted by Crippen LogP contribution is -2.50. The fourth-order valence-corrected chi connectivity index (χ4v) is 4.08. The molecule has 0 radical (unpaired) electrons. The van der Waals surface area contributed by atoms with Gasteiger partial charge in [-0.25, -0.2) is 4.79 Å². The molecule has 1 aliphatic heterocycles. The van der Waals surface area contributed by atoms with Crippen LogP contribution in [0.5, 0.6) is 0 Å². The number of carbonyl (C=O) groups excluding carboxylic acids is 2. The Hall–Kier alpha value is -4.37. The third-order valence-electron chi connectivity index (χ3n) is 5.96. The van der Waals surface area contributed by atoms with Crippen molar-refractivity contribution in [3.05, 3.63) is 107 Å². The number of likely N-dealkylation sites (tertiary alicyclic amines) is 1. The Morgan fingerprint density at radius 2 is 1.49 bits per heavy atom. The summed E-state index contributed by atoms with van der Waals surface area (Å²) in [5, 5.41) is 12.4. The molecule has 0 bridgehead atoms. The van der Waals surface area contributed by atoms with Crippen molar-refractivity contribution in [3.63, 3.8) is 0 Å². The van der Waals surface area contributed by atoms with Crippen LogP contribution in [0.15, 0.2) is 84.9 Å². The van der Waals surface area contributed by atoms with E-state index >= 15 is 0 Å². The van der Waals surface area contributed by atoms with Gasteiger partial charge in [-0.15, -0.1) is 0 Å². The van der Waals surface area contributed by atoms with Crippen LogP contribution in [0.25, 0.3) is 0 Å². The molecule has 0 unspecified atom stereocenters. The van der Waals surface area contributed by atoms with Gasteiger partial charge in [-0.2, -0.15) is 0 Å². The average Bonchev–Trinajstić information content (AvgIpc) is 3.24.